The number of aryl methyl sites for hydroxylation is 1. The van der Waals surface area contributed by atoms with Gasteiger partial charge in [0, 0.05) is 54.3 Å². The minimum Gasteiger partial charge on any atom is -0.363 e. The Morgan fingerprint density at radius 3 is 2.90 bits per heavy atom. The van der Waals surface area contributed by atoms with Gasteiger partial charge in [-0.3, -0.25) is 4.99 Å². The van der Waals surface area contributed by atoms with E-state index in [1.807, 2.05) is 11.8 Å². The molecule has 1 aromatic heterocycles. The Kier molecular flexibility index (Phi) is 4.54. The predicted molar refractivity (Wildman–Crippen MR) is 92.5 cm³/mol. The van der Waals surface area contributed by atoms with E-state index < -0.39 is 0 Å². The number of benzene rings is 1. The monoisotopic (exact) mass is 301 g/mol. The quantitative estimate of drug-likeness (QED) is 0.617. The van der Waals surface area contributed by atoms with E-state index in [-0.39, 0.29) is 0 Å². The summed E-state index contributed by atoms with van der Waals surface area (Å²) < 4.78 is 2.33. The number of para-hydroxylation sites is 1. The third-order valence-corrected chi connectivity index (χ3v) is 5.09. The lowest BCUT2D eigenvalue weighted by atomic mass is 10.2. The molecule has 1 aromatic carbocycles. The minimum absolute atomic E-state index is 0.913. The maximum absolute atomic E-state index is 4.74. The summed E-state index contributed by atoms with van der Waals surface area (Å²) >= 11 is 1.92. The van der Waals surface area contributed by atoms with Gasteiger partial charge < -0.3 is 9.47 Å². The average molecular weight is 301 g/mol. The molecule has 1 aliphatic rings. The van der Waals surface area contributed by atoms with Gasteiger partial charge in [-0.15, -0.1) is 11.8 Å². The van der Waals surface area contributed by atoms with E-state index in [4.69, 9.17) is 4.99 Å². The summed E-state index contributed by atoms with van der Waals surface area (Å²) in [5.74, 6) is 2.33. The Bertz CT molecular complexity index is 645. The number of likely N-dealkylation sites (tertiary alicyclic amines) is 1. The van der Waals surface area contributed by atoms with Gasteiger partial charge in [-0.25, -0.2) is 0 Å². The minimum atomic E-state index is 0.913. The zero-order chi connectivity index (χ0) is 14.7. The Labute approximate surface area is 131 Å². The van der Waals surface area contributed by atoms with Crippen LogP contribution in [-0.2, 0) is 6.54 Å². The predicted octanol–water partition coefficient (Wildman–Crippen LogP) is 3.88. The Morgan fingerprint density at radius 2 is 2.14 bits per heavy atom. The van der Waals surface area contributed by atoms with Crippen LogP contribution in [0.15, 0.2) is 40.4 Å². The van der Waals surface area contributed by atoms with E-state index >= 15 is 0 Å². The second-order valence-electron chi connectivity index (χ2n) is 5.47. The third-order valence-electron chi connectivity index (χ3n) is 4.07. The molecule has 0 bridgehead atoms. The summed E-state index contributed by atoms with van der Waals surface area (Å²) in [6.07, 6.45) is 4.69. The second-order valence-corrected chi connectivity index (χ2v) is 6.60. The molecule has 2 heterocycles. The normalized spacial score (nSPS) is 17.2. The van der Waals surface area contributed by atoms with Crippen LogP contribution in [0, 0.1) is 0 Å². The molecule has 0 unspecified atom stereocenters. The summed E-state index contributed by atoms with van der Waals surface area (Å²) in [5.41, 5.74) is 1.34. The van der Waals surface area contributed by atoms with Crippen molar-refractivity contribution in [3.63, 3.8) is 0 Å². The molecule has 1 saturated heterocycles. The van der Waals surface area contributed by atoms with Crippen molar-refractivity contribution in [3.8, 4) is 0 Å². The Balaban J connectivity index is 1.65. The maximum Gasteiger partial charge on any atom is 0.0987 e. The first-order chi connectivity index (χ1) is 10.3. The van der Waals surface area contributed by atoms with Crippen LogP contribution in [0.2, 0.25) is 0 Å². The maximum atomic E-state index is 4.74. The van der Waals surface area contributed by atoms with Crippen LogP contribution in [0.5, 0.6) is 0 Å². The SMILES string of the molecule is CCn1cc(SCC/N=C2\CCCN2C)c2ccccc21. The van der Waals surface area contributed by atoms with Gasteiger partial charge in [0.2, 0.25) is 0 Å². The lowest BCUT2D eigenvalue weighted by Crippen LogP contribution is -2.19. The van der Waals surface area contributed by atoms with E-state index in [1.165, 1.54) is 28.1 Å². The van der Waals surface area contributed by atoms with E-state index in [0.29, 0.717) is 0 Å². The van der Waals surface area contributed by atoms with Crippen molar-refractivity contribution in [1.82, 2.24) is 9.47 Å². The number of hydrogen-bond acceptors (Lipinski definition) is 2. The van der Waals surface area contributed by atoms with E-state index in [1.54, 1.807) is 0 Å². The average Bonchev–Trinajstić information content (AvgIpc) is 3.08. The molecule has 21 heavy (non-hydrogen) atoms. The largest absolute Gasteiger partial charge is 0.363 e. The number of aliphatic imine (C=N–C) groups is 1. The van der Waals surface area contributed by atoms with Gasteiger partial charge >= 0.3 is 0 Å². The van der Waals surface area contributed by atoms with Crippen LogP contribution in [0.3, 0.4) is 0 Å². The molecule has 3 nitrogen and oxygen atoms in total. The van der Waals surface area contributed by atoms with Gasteiger partial charge in [0.05, 0.1) is 12.4 Å². The van der Waals surface area contributed by atoms with E-state index in [2.05, 4.69) is 53.9 Å². The van der Waals surface area contributed by atoms with Gasteiger partial charge in [-0.05, 0) is 19.4 Å². The summed E-state index contributed by atoms with van der Waals surface area (Å²) in [4.78, 5) is 8.41. The molecule has 0 N–H and O–H groups in total. The highest BCUT2D eigenvalue weighted by atomic mass is 32.2. The Morgan fingerprint density at radius 1 is 1.29 bits per heavy atom. The fraction of sp³-hybridized carbons (Fsp3) is 0.471. The molecule has 1 fully saturated rings. The van der Waals surface area contributed by atoms with Crippen LogP contribution in [0.4, 0.5) is 0 Å². The molecular weight excluding hydrogens is 278 g/mol. The van der Waals surface area contributed by atoms with Crippen LogP contribution >= 0.6 is 11.8 Å². The van der Waals surface area contributed by atoms with Crippen LogP contribution in [0.25, 0.3) is 10.9 Å². The van der Waals surface area contributed by atoms with Gasteiger partial charge in [-0.1, -0.05) is 18.2 Å². The van der Waals surface area contributed by atoms with Crippen molar-refractivity contribution in [2.24, 2.45) is 4.99 Å². The number of rotatable bonds is 5. The lowest BCUT2D eigenvalue weighted by Gasteiger charge is -2.10. The van der Waals surface area contributed by atoms with Crippen molar-refractivity contribution in [1.29, 1.82) is 0 Å². The highest BCUT2D eigenvalue weighted by Crippen LogP contribution is 2.29. The number of hydrogen-bond donors (Lipinski definition) is 0. The summed E-state index contributed by atoms with van der Waals surface area (Å²) in [6.45, 7) is 5.29. The van der Waals surface area contributed by atoms with Crippen molar-refractivity contribution < 1.29 is 0 Å². The highest BCUT2D eigenvalue weighted by Gasteiger charge is 2.13. The summed E-state index contributed by atoms with van der Waals surface area (Å²) in [5, 5.41) is 1.37. The van der Waals surface area contributed by atoms with E-state index in [0.717, 1.165) is 31.8 Å². The fourth-order valence-electron chi connectivity index (χ4n) is 2.91. The zero-order valence-corrected chi connectivity index (χ0v) is 13.7. The van der Waals surface area contributed by atoms with Crippen molar-refractivity contribution >= 4 is 28.5 Å². The second kappa shape index (κ2) is 6.56. The van der Waals surface area contributed by atoms with E-state index in [9.17, 15) is 0 Å². The molecule has 0 atom stereocenters. The van der Waals surface area contributed by atoms with Crippen LogP contribution in [0.1, 0.15) is 19.8 Å². The molecular formula is C17H23N3S. The topological polar surface area (TPSA) is 20.5 Å². The molecule has 1 aliphatic heterocycles. The number of amidine groups is 1. The smallest absolute Gasteiger partial charge is 0.0987 e. The Hall–Kier alpha value is -1.42. The lowest BCUT2D eigenvalue weighted by molar-refractivity contribution is 0.548. The number of thioether (sulfide) groups is 1. The van der Waals surface area contributed by atoms with Crippen molar-refractivity contribution in [2.75, 3.05) is 25.9 Å². The van der Waals surface area contributed by atoms with Gasteiger partial charge in [0.1, 0.15) is 0 Å². The van der Waals surface area contributed by atoms with Crippen LogP contribution < -0.4 is 0 Å². The molecule has 4 heteroatoms. The van der Waals surface area contributed by atoms with Gasteiger partial charge in [-0.2, -0.15) is 0 Å². The molecule has 0 radical (unpaired) electrons. The molecule has 0 spiro atoms. The standard InChI is InChI=1S/C17H23N3S/c1-3-20-13-16(14-7-4-5-8-15(14)20)21-12-10-18-17-9-6-11-19(17)2/h4-5,7-8,13H,3,6,9-12H2,1-2H3/b18-17+. The summed E-state index contributed by atoms with van der Waals surface area (Å²) in [6, 6.07) is 8.67. The van der Waals surface area contributed by atoms with Gasteiger partial charge in [0.25, 0.3) is 0 Å². The van der Waals surface area contributed by atoms with Crippen molar-refractivity contribution in [3.05, 3.63) is 30.5 Å². The number of fused-ring (bicyclic) bond motifs is 1. The number of aromatic nitrogens is 1. The fourth-order valence-corrected chi connectivity index (χ4v) is 3.85. The molecule has 2 aromatic rings. The first-order valence-corrected chi connectivity index (χ1v) is 8.73. The van der Waals surface area contributed by atoms with Crippen LogP contribution in [-0.4, -0.2) is 41.2 Å². The molecule has 0 amide bonds. The van der Waals surface area contributed by atoms with Crippen molar-refractivity contribution in [2.45, 2.75) is 31.2 Å². The first kappa shape index (κ1) is 14.5. The highest BCUT2D eigenvalue weighted by molar-refractivity contribution is 7.99. The molecule has 112 valence electrons. The third kappa shape index (κ3) is 3.10. The molecule has 3 rings (SSSR count). The van der Waals surface area contributed by atoms with Gasteiger partial charge in [0.15, 0.2) is 0 Å². The summed E-state index contributed by atoms with van der Waals surface area (Å²) in [7, 11) is 2.15. The number of nitrogens with zero attached hydrogens (tertiary/aromatic N) is 3. The molecule has 0 aliphatic carbocycles. The zero-order valence-electron chi connectivity index (χ0n) is 12.9. The first-order valence-electron chi connectivity index (χ1n) is 7.74. The molecule has 0 saturated carbocycles.